The number of hydrogen-bond acceptors (Lipinski definition) is 13. The highest BCUT2D eigenvalue weighted by Crippen LogP contribution is 2.29. The van der Waals surface area contributed by atoms with E-state index in [4.69, 9.17) is 17.3 Å². The van der Waals surface area contributed by atoms with Gasteiger partial charge in [0.1, 0.15) is 42.3 Å². The predicted octanol–water partition coefficient (Wildman–Crippen LogP) is 3.00. The Bertz CT molecular complexity index is 2530. The Hall–Kier alpha value is -6.58. The first-order valence-electron chi connectivity index (χ1n) is 30.2. The molecule has 8 amide bonds. The number of nitrogens with two attached hydrogens (primary N) is 3. The maximum Gasteiger partial charge on any atom is 0.246 e. The minimum absolute atomic E-state index is 0.0385. The molecule has 2 aromatic carbocycles. The fourth-order valence-electron chi connectivity index (χ4n) is 11.6. The summed E-state index contributed by atoms with van der Waals surface area (Å²) in [6.07, 6.45) is 1.97. The van der Waals surface area contributed by atoms with Crippen molar-refractivity contribution in [2.75, 3.05) is 26.2 Å². The van der Waals surface area contributed by atoms with Crippen LogP contribution in [0.25, 0.3) is 0 Å². The van der Waals surface area contributed by atoms with Gasteiger partial charge in [-0.25, -0.2) is 5.84 Å². The third kappa shape index (κ3) is 19.2. The van der Waals surface area contributed by atoms with E-state index in [1.54, 1.807) is 52.0 Å². The molecule has 83 heavy (non-hydrogen) atoms. The zero-order valence-corrected chi connectivity index (χ0v) is 50.2. The van der Waals surface area contributed by atoms with Gasteiger partial charge in [0.2, 0.25) is 47.3 Å². The van der Waals surface area contributed by atoms with Gasteiger partial charge >= 0.3 is 0 Å². The maximum absolute atomic E-state index is 15.0. The van der Waals surface area contributed by atoms with Crippen LogP contribution < -0.4 is 43.9 Å². The molecule has 0 bridgehead atoms. The molecule has 0 aliphatic carbocycles. The van der Waals surface area contributed by atoms with Gasteiger partial charge in [-0.3, -0.25) is 53.0 Å². The minimum atomic E-state index is -1.24. The van der Waals surface area contributed by atoms with E-state index in [1.807, 2.05) is 64.1 Å². The van der Waals surface area contributed by atoms with Gasteiger partial charge in [0, 0.05) is 50.6 Å². The van der Waals surface area contributed by atoms with Crippen molar-refractivity contribution in [1.29, 1.82) is 0 Å². The van der Waals surface area contributed by atoms with E-state index in [2.05, 4.69) is 26.6 Å². The molecule has 21 nitrogen and oxygen atoms in total. The molecule has 3 heterocycles. The average molecular weight is 1150 g/mol. The van der Waals surface area contributed by atoms with E-state index >= 15 is 0 Å². The summed E-state index contributed by atoms with van der Waals surface area (Å²) in [6.45, 7) is 15.2. The van der Waals surface area contributed by atoms with Crippen LogP contribution in [0.3, 0.4) is 0 Å². The lowest BCUT2D eigenvalue weighted by molar-refractivity contribution is -0.148. The number of carbonyl (C=O) groups is 10. The summed E-state index contributed by atoms with van der Waals surface area (Å²) >= 11 is 0. The molecule has 3 fully saturated rings. The Morgan fingerprint density at radius 1 is 0.494 bits per heavy atom. The molecule has 2 aromatic rings. The summed E-state index contributed by atoms with van der Waals surface area (Å²) in [5.41, 5.74) is 13.3. The number of hydrogen-bond donors (Lipinski definition) is 8. The number of rotatable bonds is 16. The highest BCUT2D eigenvalue weighted by molar-refractivity contribution is 6.00. The second-order valence-corrected chi connectivity index (χ2v) is 24.5. The number of amides is 8. The first-order valence-corrected chi connectivity index (χ1v) is 30.2. The molecule has 3 saturated heterocycles. The molecule has 21 heteroatoms. The fraction of sp³-hybridized carbons (Fsp3) is 0.645. The Morgan fingerprint density at radius 2 is 0.976 bits per heavy atom. The summed E-state index contributed by atoms with van der Waals surface area (Å²) in [6, 6.07) is 8.88. The molecule has 458 valence electrons. The third-order valence-corrected chi connectivity index (χ3v) is 16.2. The van der Waals surface area contributed by atoms with Crippen LogP contribution in [0.4, 0.5) is 0 Å². The summed E-state index contributed by atoms with van der Waals surface area (Å²) in [4.78, 5) is 150. The van der Waals surface area contributed by atoms with Crippen LogP contribution >= 0.6 is 0 Å². The molecule has 3 aliphatic heterocycles. The van der Waals surface area contributed by atoms with Crippen molar-refractivity contribution < 1.29 is 47.9 Å². The second kappa shape index (κ2) is 32.5. The van der Waals surface area contributed by atoms with Crippen LogP contribution in [0.1, 0.15) is 144 Å². The Labute approximate surface area is 490 Å². The normalized spacial score (nSPS) is 26.7. The summed E-state index contributed by atoms with van der Waals surface area (Å²) in [5.74, 6) is -2.35. The number of hydrazine groups is 1. The zero-order chi connectivity index (χ0) is 61.1. The summed E-state index contributed by atoms with van der Waals surface area (Å²) in [7, 11) is 0. The van der Waals surface area contributed by atoms with Gasteiger partial charge < -0.3 is 47.9 Å². The Morgan fingerprint density at radius 3 is 1.49 bits per heavy atom. The van der Waals surface area contributed by atoms with Crippen molar-refractivity contribution in [1.82, 2.24) is 41.4 Å². The molecule has 5 rings (SSSR count). The van der Waals surface area contributed by atoms with Crippen molar-refractivity contribution in [3.05, 3.63) is 71.8 Å². The SMILES string of the molecule is CC(C)C[C@@H]1CC(=O)[C@H](CCCN)N(N)C(=O)[C@H](C(C)C)CC(=O)[C@@H]2CCCN2C(=O)[C@@H](Cc2ccccc2)NC(=O)[C@H](CC(C)C)NC(=O)[C@H](CCCN)NC(=O)[C@H](C(C)C)NC(=O)[C@@H]2CCCN2C(=O)[C@@H](Cc2ccccc2)NC1=O. The molecule has 0 aromatic heterocycles. The molecule has 0 unspecified atom stereocenters. The topological polar surface area (TPSA) is 319 Å². The van der Waals surface area contributed by atoms with Crippen LogP contribution in [-0.4, -0.2) is 148 Å². The fourth-order valence-corrected chi connectivity index (χ4v) is 11.6. The standard InChI is InChI=1S/C62H95N11O10/c1-37(2)31-43-35-52(74)50(24-16-28-64)73(65)60(81)44(39(5)6)36-53(75)49-25-17-29-71(49)61(82)48(34-42-21-13-10-14-22-42)69-57(78)46(32-38(3)4)67-56(77)45(23-15-27-63)66-59(80)54(40(7)8)70-58(79)51-26-18-30-72(51)62(83)47(68-55(43)76)33-41-19-11-9-12-20-41/h9-14,19-22,37-40,43-51,54H,15-18,23-36,63-65H2,1-8H3,(H,66,80)(H,67,77)(H,68,76)(H,69,78)(H,70,79)/t43-,44+,45+,46+,47-,48-,49+,50+,51+,54+/m1/s1. The Balaban J connectivity index is 1.60. The van der Waals surface area contributed by atoms with Crippen LogP contribution in [0.2, 0.25) is 0 Å². The van der Waals surface area contributed by atoms with Gasteiger partial charge in [-0.1, -0.05) is 116 Å². The number of Topliss-reactive ketones (excluding diaryl/α,β-unsaturated/α-hetero) is 2. The average Bonchev–Trinajstić information content (AvgIpc) is 4.21. The van der Waals surface area contributed by atoms with Crippen LogP contribution in [-0.2, 0) is 60.8 Å². The number of ketones is 2. The number of benzene rings is 2. The van der Waals surface area contributed by atoms with Crippen molar-refractivity contribution in [2.45, 2.75) is 194 Å². The highest BCUT2D eigenvalue weighted by atomic mass is 16.2. The number of fused-ring (bicyclic) bond motifs is 2. The molecule has 0 radical (unpaired) electrons. The molecule has 3 aliphatic rings. The van der Waals surface area contributed by atoms with E-state index in [0.717, 1.165) is 10.6 Å². The van der Waals surface area contributed by atoms with Gasteiger partial charge in [-0.2, -0.15) is 0 Å². The summed E-state index contributed by atoms with van der Waals surface area (Å²) in [5, 5.41) is 15.3. The van der Waals surface area contributed by atoms with E-state index in [-0.39, 0.29) is 95.8 Å². The van der Waals surface area contributed by atoms with Gasteiger partial charge in [0.15, 0.2) is 11.6 Å². The monoisotopic (exact) mass is 1150 g/mol. The third-order valence-electron chi connectivity index (χ3n) is 16.2. The van der Waals surface area contributed by atoms with E-state index < -0.39 is 131 Å². The van der Waals surface area contributed by atoms with Crippen LogP contribution in [0.5, 0.6) is 0 Å². The molecule has 10 atom stereocenters. The van der Waals surface area contributed by atoms with Crippen LogP contribution in [0.15, 0.2) is 60.7 Å². The van der Waals surface area contributed by atoms with Crippen molar-refractivity contribution in [2.24, 2.45) is 52.8 Å². The predicted molar refractivity (Wildman–Crippen MR) is 316 cm³/mol. The number of carbonyl (C=O) groups excluding carboxylic acids is 10. The lowest BCUT2D eigenvalue weighted by atomic mass is 9.85. The first kappa shape index (κ1) is 67.2. The largest absolute Gasteiger partial charge is 0.344 e. The molecule has 0 saturated carbocycles. The molecule has 0 spiro atoms. The van der Waals surface area contributed by atoms with Crippen molar-refractivity contribution in [3.63, 3.8) is 0 Å². The smallest absolute Gasteiger partial charge is 0.246 e. The van der Waals surface area contributed by atoms with Gasteiger partial charge in [0.25, 0.3) is 0 Å². The van der Waals surface area contributed by atoms with Crippen molar-refractivity contribution in [3.8, 4) is 0 Å². The minimum Gasteiger partial charge on any atom is -0.344 e. The molecular weight excluding hydrogens is 1060 g/mol. The maximum atomic E-state index is 15.0. The lowest BCUT2D eigenvalue weighted by Crippen LogP contribution is -2.61. The molecule has 11 N–H and O–H groups in total. The van der Waals surface area contributed by atoms with E-state index in [9.17, 15) is 47.9 Å². The van der Waals surface area contributed by atoms with Crippen molar-refractivity contribution >= 4 is 58.8 Å². The van der Waals surface area contributed by atoms with E-state index in [0.29, 0.717) is 37.7 Å². The van der Waals surface area contributed by atoms with Gasteiger partial charge in [0.05, 0.1) is 6.04 Å². The zero-order valence-electron chi connectivity index (χ0n) is 50.2. The van der Waals surface area contributed by atoms with E-state index in [1.165, 1.54) is 9.80 Å². The van der Waals surface area contributed by atoms with Crippen LogP contribution in [0, 0.1) is 35.5 Å². The van der Waals surface area contributed by atoms with Gasteiger partial charge in [-0.15, -0.1) is 0 Å². The summed E-state index contributed by atoms with van der Waals surface area (Å²) < 4.78 is 0. The Kier molecular flexibility index (Phi) is 26.3. The second-order valence-electron chi connectivity index (χ2n) is 24.5. The van der Waals surface area contributed by atoms with Gasteiger partial charge in [-0.05, 0) is 112 Å². The first-order chi connectivity index (χ1) is 39.4. The quantitative estimate of drug-likeness (QED) is 0.0887. The number of nitrogens with zero attached hydrogens (tertiary/aromatic N) is 3. The number of nitrogens with one attached hydrogen (secondary N) is 5. The lowest BCUT2D eigenvalue weighted by Gasteiger charge is -2.34. The molecular formula is C62H95N11O10. The highest BCUT2D eigenvalue weighted by Gasteiger charge is 2.44.